The van der Waals surface area contributed by atoms with Gasteiger partial charge in [-0.1, -0.05) is 43.4 Å². The van der Waals surface area contributed by atoms with Gasteiger partial charge in [-0.25, -0.2) is 0 Å². The van der Waals surface area contributed by atoms with Crippen LogP contribution in [0.3, 0.4) is 0 Å². The Balaban J connectivity index is 1.80. The van der Waals surface area contributed by atoms with Crippen molar-refractivity contribution in [1.29, 1.82) is 0 Å². The van der Waals surface area contributed by atoms with E-state index in [9.17, 15) is 9.59 Å². The minimum Gasteiger partial charge on any atom is -0.347 e. The van der Waals surface area contributed by atoms with Gasteiger partial charge in [-0.05, 0) is 37.5 Å². The molecule has 5 heteroatoms. The first kappa shape index (κ1) is 16.8. The lowest BCUT2D eigenvalue weighted by Gasteiger charge is -2.14. The smallest absolute Gasteiger partial charge is 0.243 e. The summed E-state index contributed by atoms with van der Waals surface area (Å²) in [6, 6.07) is 5.44. The fraction of sp³-hybridized carbons (Fsp3) is 0.529. The summed E-state index contributed by atoms with van der Waals surface area (Å²) < 4.78 is 0. The highest BCUT2D eigenvalue weighted by Crippen LogP contribution is 2.23. The highest BCUT2D eigenvalue weighted by atomic mass is 35.5. The molecule has 1 aliphatic carbocycles. The SMILES string of the molecule is Cc1ccc(NC(=O)CNC(=O)C2CCCCCC2)c(Cl)c1. The molecule has 1 aromatic rings. The Labute approximate surface area is 136 Å². The number of amides is 2. The molecule has 2 amide bonds. The van der Waals surface area contributed by atoms with Crippen LogP contribution in [0, 0.1) is 12.8 Å². The summed E-state index contributed by atoms with van der Waals surface area (Å²) >= 11 is 6.07. The summed E-state index contributed by atoms with van der Waals surface area (Å²) in [4.78, 5) is 24.0. The number of rotatable bonds is 4. The molecule has 0 unspecified atom stereocenters. The van der Waals surface area contributed by atoms with Crippen molar-refractivity contribution in [3.63, 3.8) is 0 Å². The third kappa shape index (κ3) is 5.02. The average molecular weight is 323 g/mol. The van der Waals surface area contributed by atoms with E-state index in [2.05, 4.69) is 10.6 Å². The lowest BCUT2D eigenvalue weighted by Crippen LogP contribution is -2.36. The molecule has 0 aliphatic heterocycles. The van der Waals surface area contributed by atoms with Crippen LogP contribution in [0.4, 0.5) is 5.69 Å². The highest BCUT2D eigenvalue weighted by molar-refractivity contribution is 6.33. The fourth-order valence-electron chi connectivity index (χ4n) is 2.77. The largest absolute Gasteiger partial charge is 0.347 e. The third-order valence-corrected chi connectivity index (χ3v) is 4.36. The molecule has 0 saturated heterocycles. The monoisotopic (exact) mass is 322 g/mol. The predicted molar refractivity (Wildman–Crippen MR) is 89.0 cm³/mol. The molecule has 120 valence electrons. The van der Waals surface area contributed by atoms with Crippen molar-refractivity contribution in [1.82, 2.24) is 5.32 Å². The van der Waals surface area contributed by atoms with Gasteiger partial charge in [-0.15, -0.1) is 0 Å². The Hall–Kier alpha value is -1.55. The van der Waals surface area contributed by atoms with Gasteiger partial charge >= 0.3 is 0 Å². The van der Waals surface area contributed by atoms with Crippen molar-refractivity contribution in [2.75, 3.05) is 11.9 Å². The summed E-state index contributed by atoms with van der Waals surface area (Å²) in [5.41, 5.74) is 1.60. The van der Waals surface area contributed by atoms with Crippen LogP contribution in [0.5, 0.6) is 0 Å². The number of halogens is 1. The van der Waals surface area contributed by atoms with E-state index in [4.69, 9.17) is 11.6 Å². The number of hydrogen-bond acceptors (Lipinski definition) is 2. The zero-order valence-electron chi connectivity index (χ0n) is 13.0. The Morgan fingerprint density at radius 2 is 1.86 bits per heavy atom. The number of carbonyl (C=O) groups excluding carboxylic acids is 2. The van der Waals surface area contributed by atoms with E-state index in [1.54, 1.807) is 12.1 Å². The van der Waals surface area contributed by atoms with Gasteiger partial charge in [-0.3, -0.25) is 9.59 Å². The number of hydrogen-bond donors (Lipinski definition) is 2. The van der Waals surface area contributed by atoms with Crippen LogP contribution in [-0.2, 0) is 9.59 Å². The van der Waals surface area contributed by atoms with E-state index >= 15 is 0 Å². The minimum absolute atomic E-state index is 0.00736. The lowest BCUT2D eigenvalue weighted by atomic mass is 9.99. The number of carbonyl (C=O) groups is 2. The van der Waals surface area contributed by atoms with Gasteiger partial charge in [-0.2, -0.15) is 0 Å². The van der Waals surface area contributed by atoms with Crippen molar-refractivity contribution < 1.29 is 9.59 Å². The summed E-state index contributed by atoms with van der Waals surface area (Å²) in [6.45, 7) is 1.92. The molecule has 0 radical (unpaired) electrons. The first-order valence-electron chi connectivity index (χ1n) is 7.90. The van der Waals surface area contributed by atoms with Crippen LogP contribution >= 0.6 is 11.6 Å². The van der Waals surface area contributed by atoms with Crippen LogP contribution in [0.15, 0.2) is 18.2 Å². The van der Waals surface area contributed by atoms with Crippen LogP contribution in [0.25, 0.3) is 0 Å². The number of nitrogens with one attached hydrogen (secondary N) is 2. The molecule has 1 fully saturated rings. The molecule has 2 N–H and O–H groups in total. The van der Waals surface area contributed by atoms with Crippen molar-refractivity contribution in [2.45, 2.75) is 45.4 Å². The van der Waals surface area contributed by atoms with Gasteiger partial charge in [0, 0.05) is 5.92 Å². The molecule has 0 heterocycles. The van der Waals surface area contributed by atoms with Crippen molar-refractivity contribution >= 4 is 29.1 Å². The van der Waals surface area contributed by atoms with Crippen LogP contribution in [0.1, 0.15) is 44.1 Å². The summed E-state index contributed by atoms with van der Waals surface area (Å²) in [6.07, 6.45) is 6.47. The molecule has 1 saturated carbocycles. The maximum absolute atomic E-state index is 12.1. The van der Waals surface area contributed by atoms with Gasteiger partial charge in [0.05, 0.1) is 17.3 Å². The number of anilines is 1. The topological polar surface area (TPSA) is 58.2 Å². The predicted octanol–water partition coefficient (Wildman–Crippen LogP) is 3.67. The zero-order chi connectivity index (χ0) is 15.9. The van der Waals surface area contributed by atoms with Crippen LogP contribution in [0.2, 0.25) is 5.02 Å². The van der Waals surface area contributed by atoms with E-state index in [1.165, 1.54) is 12.8 Å². The summed E-state index contributed by atoms with van der Waals surface area (Å²) in [5.74, 6) is -0.210. The molecular weight excluding hydrogens is 300 g/mol. The van der Waals surface area contributed by atoms with Crippen LogP contribution < -0.4 is 10.6 Å². The van der Waals surface area contributed by atoms with Gasteiger partial charge in [0.15, 0.2) is 0 Å². The maximum Gasteiger partial charge on any atom is 0.243 e. The maximum atomic E-state index is 12.1. The van der Waals surface area contributed by atoms with Gasteiger partial charge in [0.2, 0.25) is 11.8 Å². The molecule has 22 heavy (non-hydrogen) atoms. The zero-order valence-corrected chi connectivity index (χ0v) is 13.7. The molecule has 1 aliphatic rings. The highest BCUT2D eigenvalue weighted by Gasteiger charge is 2.20. The molecular formula is C17H23ClN2O2. The van der Waals surface area contributed by atoms with Crippen molar-refractivity contribution in [3.05, 3.63) is 28.8 Å². The molecule has 2 rings (SSSR count). The molecule has 0 aromatic heterocycles. The van der Waals surface area contributed by atoms with E-state index in [-0.39, 0.29) is 24.3 Å². The molecule has 0 spiro atoms. The number of aryl methyl sites for hydroxylation is 1. The second kappa shape index (κ2) is 8.18. The van der Waals surface area contributed by atoms with Crippen molar-refractivity contribution in [3.8, 4) is 0 Å². The standard InChI is InChI=1S/C17H23ClN2O2/c1-12-8-9-15(14(18)10-12)20-16(21)11-19-17(22)13-6-4-2-3-5-7-13/h8-10,13H,2-7,11H2,1H3,(H,19,22)(H,20,21). The summed E-state index contributed by atoms with van der Waals surface area (Å²) in [7, 11) is 0. The Kier molecular flexibility index (Phi) is 6.25. The van der Waals surface area contributed by atoms with E-state index < -0.39 is 0 Å². The molecule has 1 aromatic carbocycles. The Morgan fingerprint density at radius 3 is 2.50 bits per heavy atom. The second-order valence-corrected chi connectivity index (χ2v) is 6.34. The van der Waals surface area contributed by atoms with Crippen LogP contribution in [-0.4, -0.2) is 18.4 Å². The normalized spacial score (nSPS) is 15.9. The number of benzene rings is 1. The molecule has 4 nitrogen and oxygen atoms in total. The lowest BCUT2D eigenvalue weighted by molar-refractivity contribution is -0.127. The molecule has 0 bridgehead atoms. The van der Waals surface area contributed by atoms with E-state index in [0.29, 0.717) is 10.7 Å². The van der Waals surface area contributed by atoms with E-state index in [1.807, 2.05) is 13.0 Å². The Morgan fingerprint density at radius 1 is 1.18 bits per heavy atom. The van der Waals surface area contributed by atoms with Gasteiger partial charge in [0.25, 0.3) is 0 Å². The molecule has 0 atom stereocenters. The second-order valence-electron chi connectivity index (χ2n) is 5.94. The quantitative estimate of drug-likeness (QED) is 0.831. The first-order chi connectivity index (χ1) is 10.6. The fourth-order valence-corrected chi connectivity index (χ4v) is 3.05. The minimum atomic E-state index is -0.257. The third-order valence-electron chi connectivity index (χ3n) is 4.05. The summed E-state index contributed by atoms with van der Waals surface area (Å²) in [5, 5.41) is 5.96. The Bertz CT molecular complexity index is 537. The van der Waals surface area contributed by atoms with Gasteiger partial charge < -0.3 is 10.6 Å². The van der Waals surface area contributed by atoms with Gasteiger partial charge in [0.1, 0.15) is 0 Å². The van der Waals surface area contributed by atoms with E-state index in [0.717, 1.165) is 31.2 Å². The average Bonchev–Trinajstić information content (AvgIpc) is 2.77. The first-order valence-corrected chi connectivity index (χ1v) is 8.28. The van der Waals surface area contributed by atoms with Crippen molar-refractivity contribution in [2.24, 2.45) is 5.92 Å².